The zero-order valence-electron chi connectivity index (χ0n) is 14.2. The first-order valence-electron chi connectivity index (χ1n) is 8.29. The highest BCUT2D eigenvalue weighted by molar-refractivity contribution is 5.82. The minimum absolute atomic E-state index is 0.138. The van der Waals surface area contributed by atoms with Gasteiger partial charge in [-0.1, -0.05) is 25.0 Å². The summed E-state index contributed by atoms with van der Waals surface area (Å²) in [5.74, 6) is 0.269. The minimum atomic E-state index is -1.08. The first-order chi connectivity index (χ1) is 11.5. The van der Waals surface area contributed by atoms with Gasteiger partial charge >= 0.3 is 5.97 Å². The number of carboxylic acids is 1. The Kier molecular flexibility index (Phi) is 6.46. The van der Waals surface area contributed by atoms with Crippen LogP contribution in [-0.2, 0) is 16.0 Å². The van der Waals surface area contributed by atoms with Crippen LogP contribution in [0.2, 0.25) is 0 Å². The maximum Gasteiger partial charge on any atom is 0.326 e. The molecule has 1 saturated carbocycles. The fraction of sp³-hybridized carbons (Fsp3) is 0.556. The average molecular weight is 335 g/mol. The van der Waals surface area contributed by atoms with Gasteiger partial charge in [0, 0.05) is 18.9 Å². The highest BCUT2D eigenvalue weighted by Gasteiger charge is 2.23. The molecular weight excluding hydrogens is 310 g/mol. The molecular formula is C18H25NO5. The van der Waals surface area contributed by atoms with Crippen molar-refractivity contribution in [1.82, 2.24) is 5.32 Å². The maximum atomic E-state index is 11.3. The second-order valence-corrected chi connectivity index (χ2v) is 6.21. The van der Waals surface area contributed by atoms with Crippen molar-refractivity contribution < 1.29 is 24.2 Å². The van der Waals surface area contributed by atoms with Crippen molar-refractivity contribution in [2.75, 3.05) is 13.7 Å². The molecule has 0 saturated heterocycles. The van der Waals surface area contributed by atoms with Crippen molar-refractivity contribution in [2.24, 2.45) is 5.92 Å². The third kappa shape index (κ3) is 4.88. The van der Waals surface area contributed by atoms with Crippen molar-refractivity contribution in [3.05, 3.63) is 23.8 Å². The summed E-state index contributed by atoms with van der Waals surface area (Å²) in [7, 11) is 1.54. The molecule has 0 heterocycles. The number of hydrogen-bond donors (Lipinski definition) is 2. The molecule has 1 atom stereocenters. The molecule has 24 heavy (non-hydrogen) atoms. The molecule has 6 heteroatoms. The first-order valence-corrected chi connectivity index (χ1v) is 8.29. The second-order valence-electron chi connectivity index (χ2n) is 6.21. The van der Waals surface area contributed by atoms with E-state index in [0.29, 0.717) is 29.6 Å². The minimum Gasteiger partial charge on any atom is -0.493 e. The Hall–Kier alpha value is -2.24. The van der Waals surface area contributed by atoms with Crippen molar-refractivity contribution in [1.29, 1.82) is 0 Å². The van der Waals surface area contributed by atoms with Gasteiger partial charge in [-0.05, 0) is 24.8 Å². The highest BCUT2D eigenvalue weighted by atomic mass is 16.5. The Labute approximate surface area is 142 Å². The molecule has 0 radical (unpaired) electrons. The molecule has 2 N–H and O–H groups in total. The van der Waals surface area contributed by atoms with Gasteiger partial charge in [0.1, 0.15) is 6.04 Å². The van der Waals surface area contributed by atoms with Crippen LogP contribution in [-0.4, -0.2) is 36.7 Å². The Morgan fingerprint density at radius 2 is 2.04 bits per heavy atom. The molecule has 0 bridgehead atoms. The standard InChI is InChI=1S/C18H25NO5/c1-12(20)19-15(18(21)22)10-14-8-5-9-16(17(14)23-2)24-11-13-6-3-4-7-13/h5,8-9,13,15H,3-4,6-7,10-11H2,1-2H3,(H,19,20)(H,21,22)/t15-/m0/s1. The molecule has 0 aliphatic heterocycles. The molecule has 1 amide bonds. The summed E-state index contributed by atoms with van der Waals surface area (Å²) in [5.41, 5.74) is 0.697. The lowest BCUT2D eigenvalue weighted by Crippen LogP contribution is -2.41. The topological polar surface area (TPSA) is 84.9 Å². The summed E-state index contributed by atoms with van der Waals surface area (Å²) < 4.78 is 11.4. The number of nitrogens with one attached hydrogen (secondary N) is 1. The second kappa shape index (κ2) is 8.57. The van der Waals surface area contributed by atoms with E-state index >= 15 is 0 Å². The number of hydrogen-bond acceptors (Lipinski definition) is 4. The van der Waals surface area contributed by atoms with Gasteiger partial charge in [-0.15, -0.1) is 0 Å². The normalized spacial score (nSPS) is 15.8. The van der Waals surface area contributed by atoms with Gasteiger partial charge in [0.05, 0.1) is 13.7 Å². The summed E-state index contributed by atoms with van der Waals surface area (Å²) in [5, 5.41) is 11.7. The zero-order chi connectivity index (χ0) is 17.5. The van der Waals surface area contributed by atoms with E-state index < -0.39 is 12.0 Å². The van der Waals surface area contributed by atoms with Gasteiger partial charge < -0.3 is 19.9 Å². The van der Waals surface area contributed by atoms with Crippen LogP contribution in [0.5, 0.6) is 11.5 Å². The molecule has 1 aromatic carbocycles. The monoisotopic (exact) mass is 335 g/mol. The Morgan fingerprint density at radius 3 is 2.62 bits per heavy atom. The van der Waals surface area contributed by atoms with Crippen molar-refractivity contribution in [3.63, 3.8) is 0 Å². The lowest BCUT2D eigenvalue weighted by molar-refractivity contribution is -0.141. The van der Waals surface area contributed by atoms with E-state index in [4.69, 9.17) is 9.47 Å². The first kappa shape index (κ1) is 18.1. The predicted octanol–water partition coefficient (Wildman–Crippen LogP) is 2.40. The number of aliphatic carboxylic acids is 1. The molecule has 1 aliphatic carbocycles. The van der Waals surface area contributed by atoms with Crippen LogP contribution in [0.25, 0.3) is 0 Å². The molecule has 132 valence electrons. The largest absolute Gasteiger partial charge is 0.493 e. The van der Waals surface area contributed by atoms with E-state index in [-0.39, 0.29) is 12.3 Å². The number of carboxylic acid groups (broad SMARTS) is 1. The highest BCUT2D eigenvalue weighted by Crippen LogP contribution is 2.33. The number of benzene rings is 1. The van der Waals surface area contributed by atoms with Gasteiger partial charge in [0.25, 0.3) is 0 Å². The smallest absolute Gasteiger partial charge is 0.326 e. The molecule has 6 nitrogen and oxygen atoms in total. The number of carbonyl (C=O) groups excluding carboxylic acids is 1. The third-order valence-corrected chi connectivity index (χ3v) is 4.31. The molecule has 0 spiro atoms. The number of methoxy groups -OCH3 is 1. The summed E-state index contributed by atoms with van der Waals surface area (Å²) >= 11 is 0. The number of amides is 1. The van der Waals surface area contributed by atoms with Gasteiger partial charge in [0.15, 0.2) is 11.5 Å². The molecule has 1 fully saturated rings. The van der Waals surface area contributed by atoms with E-state index in [1.165, 1.54) is 39.7 Å². The summed E-state index contributed by atoms with van der Waals surface area (Å²) in [6.45, 7) is 1.95. The summed E-state index contributed by atoms with van der Waals surface area (Å²) in [6.07, 6.45) is 5.01. The van der Waals surface area contributed by atoms with Crippen LogP contribution in [0.3, 0.4) is 0 Å². The van der Waals surface area contributed by atoms with Gasteiger partial charge in [-0.3, -0.25) is 4.79 Å². The lowest BCUT2D eigenvalue weighted by Gasteiger charge is -2.19. The average Bonchev–Trinajstić information content (AvgIpc) is 3.05. The Bertz CT molecular complexity index is 581. The quantitative estimate of drug-likeness (QED) is 0.762. The van der Waals surface area contributed by atoms with Crippen molar-refractivity contribution >= 4 is 11.9 Å². The number of carbonyl (C=O) groups is 2. The number of para-hydroxylation sites is 1. The van der Waals surface area contributed by atoms with E-state index in [1.807, 2.05) is 12.1 Å². The lowest BCUT2D eigenvalue weighted by atomic mass is 10.0. The Balaban J connectivity index is 2.12. The van der Waals surface area contributed by atoms with Gasteiger partial charge in [-0.2, -0.15) is 0 Å². The fourth-order valence-corrected chi connectivity index (χ4v) is 3.12. The van der Waals surface area contributed by atoms with Crippen LogP contribution in [0.15, 0.2) is 18.2 Å². The molecule has 2 rings (SSSR count). The maximum absolute atomic E-state index is 11.3. The van der Waals surface area contributed by atoms with Crippen LogP contribution < -0.4 is 14.8 Å². The van der Waals surface area contributed by atoms with Gasteiger partial charge in [-0.25, -0.2) is 4.79 Å². The zero-order valence-corrected chi connectivity index (χ0v) is 14.2. The number of ether oxygens (including phenoxy) is 2. The Morgan fingerprint density at radius 1 is 1.33 bits per heavy atom. The number of rotatable bonds is 8. The summed E-state index contributed by atoms with van der Waals surface area (Å²) in [4.78, 5) is 22.5. The fourth-order valence-electron chi connectivity index (χ4n) is 3.12. The van der Waals surface area contributed by atoms with E-state index in [1.54, 1.807) is 6.07 Å². The van der Waals surface area contributed by atoms with Crippen LogP contribution in [0, 0.1) is 5.92 Å². The molecule has 1 aliphatic rings. The molecule has 1 aromatic rings. The molecule has 0 aromatic heterocycles. The van der Waals surface area contributed by atoms with Crippen molar-refractivity contribution in [2.45, 2.75) is 45.1 Å². The van der Waals surface area contributed by atoms with Crippen LogP contribution >= 0.6 is 0 Å². The van der Waals surface area contributed by atoms with Crippen LogP contribution in [0.1, 0.15) is 38.2 Å². The molecule has 0 unspecified atom stereocenters. The summed E-state index contributed by atoms with van der Waals surface area (Å²) in [6, 6.07) is 4.43. The van der Waals surface area contributed by atoms with Gasteiger partial charge in [0.2, 0.25) is 5.91 Å². The third-order valence-electron chi connectivity index (χ3n) is 4.31. The van der Waals surface area contributed by atoms with Crippen LogP contribution in [0.4, 0.5) is 0 Å². The SMILES string of the molecule is COc1c(C[C@H](NC(C)=O)C(=O)O)cccc1OCC1CCCC1. The predicted molar refractivity (Wildman–Crippen MR) is 89.4 cm³/mol. The van der Waals surface area contributed by atoms with Crippen molar-refractivity contribution in [3.8, 4) is 11.5 Å². The van der Waals surface area contributed by atoms with E-state index in [0.717, 1.165) is 0 Å². The van der Waals surface area contributed by atoms with E-state index in [9.17, 15) is 14.7 Å². The van der Waals surface area contributed by atoms with E-state index in [2.05, 4.69) is 5.32 Å².